The smallest absolute Gasteiger partial charge is 0.229 e. The predicted octanol–water partition coefficient (Wildman–Crippen LogP) is 3.51. The van der Waals surface area contributed by atoms with E-state index in [1.54, 1.807) is 0 Å². The average molecular weight is 301 g/mol. The number of H-pyrrole nitrogens is 1. The SMILES string of the molecule is CCc1[nH]ncc1C=NC(C)c1ccccc1O[SiH](C)C. The van der Waals surface area contributed by atoms with Crippen LogP contribution in [0.25, 0.3) is 0 Å². The standard InChI is InChI=1S/C16H23N3OSi/c1-5-15-13(11-18-19-15)10-17-12(2)14-8-6-7-9-16(14)20-21(3)4/h6-12,21H,5H2,1-4H3,(H,18,19). The van der Waals surface area contributed by atoms with Crippen LogP contribution in [0, 0.1) is 0 Å². The maximum Gasteiger partial charge on any atom is 0.229 e. The number of para-hydroxylation sites is 1. The Kier molecular flexibility index (Phi) is 5.33. The van der Waals surface area contributed by atoms with Gasteiger partial charge in [0.05, 0.1) is 12.2 Å². The fourth-order valence-corrected chi connectivity index (χ4v) is 2.90. The van der Waals surface area contributed by atoms with Crippen LogP contribution in [0.2, 0.25) is 13.1 Å². The molecule has 0 aliphatic rings. The number of hydrogen-bond acceptors (Lipinski definition) is 3. The van der Waals surface area contributed by atoms with Gasteiger partial charge in [-0.3, -0.25) is 10.1 Å². The molecule has 0 saturated heterocycles. The van der Waals surface area contributed by atoms with Gasteiger partial charge in [0.25, 0.3) is 0 Å². The van der Waals surface area contributed by atoms with E-state index < -0.39 is 9.04 Å². The minimum Gasteiger partial charge on any atom is -0.547 e. The highest BCUT2D eigenvalue weighted by Gasteiger charge is 2.11. The van der Waals surface area contributed by atoms with E-state index in [0.717, 1.165) is 29.0 Å². The van der Waals surface area contributed by atoms with Gasteiger partial charge in [0.2, 0.25) is 9.04 Å². The number of nitrogens with zero attached hydrogens (tertiary/aromatic N) is 2. The number of rotatable bonds is 6. The predicted molar refractivity (Wildman–Crippen MR) is 89.9 cm³/mol. The molecule has 1 atom stereocenters. The maximum absolute atomic E-state index is 5.99. The third kappa shape index (κ3) is 4.04. The highest BCUT2D eigenvalue weighted by molar-refractivity contribution is 6.49. The molecule has 21 heavy (non-hydrogen) atoms. The van der Waals surface area contributed by atoms with E-state index in [4.69, 9.17) is 4.43 Å². The van der Waals surface area contributed by atoms with Crippen molar-refractivity contribution in [3.8, 4) is 5.75 Å². The lowest BCUT2D eigenvalue weighted by molar-refractivity contribution is 0.564. The monoisotopic (exact) mass is 301 g/mol. The zero-order valence-corrected chi connectivity index (χ0v) is 14.3. The van der Waals surface area contributed by atoms with Gasteiger partial charge in [-0.25, -0.2) is 0 Å². The minimum atomic E-state index is -1.12. The third-order valence-corrected chi connectivity index (χ3v) is 4.00. The van der Waals surface area contributed by atoms with E-state index in [-0.39, 0.29) is 6.04 Å². The largest absolute Gasteiger partial charge is 0.547 e. The second-order valence-corrected chi connectivity index (χ2v) is 7.65. The first-order valence-electron chi connectivity index (χ1n) is 7.42. The van der Waals surface area contributed by atoms with Gasteiger partial charge in [-0.05, 0) is 32.5 Å². The molecule has 1 aromatic carbocycles. The van der Waals surface area contributed by atoms with E-state index in [2.05, 4.69) is 48.2 Å². The molecule has 1 N–H and O–H groups in total. The van der Waals surface area contributed by atoms with Crippen molar-refractivity contribution in [2.45, 2.75) is 39.4 Å². The molecule has 1 unspecified atom stereocenters. The second kappa shape index (κ2) is 7.22. The summed E-state index contributed by atoms with van der Waals surface area (Å²) < 4.78 is 5.99. The van der Waals surface area contributed by atoms with Crippen LogP contribution in [0.3, 0.4) is 0 Å². The molecule has 1 heterocycles. The van der Waals surface area contributed by atoms with Gasteiger partial charge in [-0.2, -0.15) is 5.10 Å². The molecule has 5 heteroatoms. The van der Waals surface area contributed by atoms with Gasteiger partial charge < -0.3 is 4.43 Å². The molecule has 0 fully saturated rings. The van der Waals surface area contributed by atoms with Crippen LogP contribution in [0.15, 0.2) is 35.5 Å². The van der Waals surface area contributed by atoms with E-state index in [1.807, 2.05) is 30.6 Å². The van der Waals surface area contributed by atoms with Crippen LogP contribution in [-0.2, 0) is 6.42 Å². The first-order chi connectivity index (χ1) is 10.1. The fourth-order valence-electron chi connectivity index (χ4n) is 2.18. The van der Waals surface area contributed by atoms with Crippen LogP contribution in [-0.4, -0.2) is 25.5 Å². The Hall–Kier alpha value is -1.88. The molecule has 1 aromatic heterocycles. The van der Waals surface area contributed by atoms with Crippen molar-refractivity contribution in [3.63, 3.8) is 0 Å². The highest BCUT2D eigenvalue weighted by Crippen LogP contribution is 2.27. The number of benzene rings is 1. The number of aromatic amines is 1. The summed E-state index contributed by atoms with van der Waals surface area (Å²) in [5, 5.41) is 7.06. The van der Waals surface area contributed by atoms with Crippen LogP contribution in [0.4, 0.5) is 0 Å². The summed E-state index contributed by atoms with van der Waals surface area (Å²) in [6, 6.07) is 8.23. The molecule has 4 nitrogen and oxygen atoms in total. The Morgan fingerprint density at radius 1 is 1.38 bits per heavy atom. The quantitative estimate of drug-likeness (QED) is 0.655. The van der Waals surface area contributed by atoms with Gasteiger partial charge in [-0.1, -0.05) is 25.1 Å². The highest BCUT2D eigenvalue weighted by atomic mass is 28.3. The van der Waals surface area contributed by atoms with Crippen molar-refractivity contribution in [2.75, 3.05) is 0 Å². The van der Waals surface area contributed by atoms with Crippen molar-refractivity contribution in [3.05, 3.63) is 47.3 Å². The molecule has 112 valence electrons. The summed E-state index contributed by atoms with van der Waals surface area (Å²) in [6.07, 6.45) is 4.64. The van der Waals surface area contributed by atoms with Crippen molar-refractivity contribution in [1.29, 1.82) is 0 Å². The minimum absolute atomic E-state index is 0.0635. The Morgan fingerprint density at radius 3 is 2.86 bits per heavy atom. The number of aromatic nitrogens is 2. The zero-order chi connectivity index (χ0) is 15.2. The van der Waals surface area contributed by atoms with Gasteiger partial charge in [0.1, 0.15) is 5.75 Å². The van der Waals surface area contributed by atoms with Crippen LogP contribution in [0.5, 0.6) is 5.75 Å². The summed E-state index contributed by atoms with van der Waals surface area (Å²) in [6.45, 7) is 8.53. The topological polar surface area (TPSA) is 50.3 Å². The molecule has 0 aliphatic carbocycles. The lowest BCUT2D eigenvalue weighted by atomic mass is 10.1. The summed E-state index contributed by atoms with van der Waals surface area (Å²) >= 11 is 0. The van der Waals surface area contributed by atoms with E-state index in [9.17, 15) is 0 Å². The number of hydrogen-bond donors (Lipinski definition) is 1. The normalized spacial score (nSPS) is 13.0. The number of aliphatic imine (C=N–C) groups is 1. The van der Waals surface area contributed by atoms with Gasteiger partial charge in [0, 0.05) is 23.0 Å². The van der Waals surface area contributed by atoms with Gasteiger partial charge in [-0.15, -0.1) is 0 Å². The van der Waals surface area contributed by atoms with Crippen molar-refractivity contribution >= 4 is 15.3 Å². The van der Waals surface area contributed by atoms with Crippen LogP contribution >= 0.6 is 0 Å². The zero-order valence-electron chi connectivity index (χ0n) is 13.1. The molecular formula is C16H23N3OSi. The van der Waals surface area contributed by atoms with E-state index in [1.165, 1.54) is 0 Å². The third-order valence-electron chi connectivity index (χ3n) is 3.27. The Bertz CT molecular complexity index is 607. The van der Waals surface area contributed by atoms with Gasteiger partial charge >= 0.3 is 0 Å². The van der Waals surface area contributed by atoms with E-state index >= 15 is 0 Å². The average Bonchev–Trinajstić information content (AvgIpc) is 2.92. The van der Waals surface area contributed by atoms with Crippen molar-refractivity contribution in [1.82, 2.24) is 10.2 Å². The molecular weight excluding hydrogens is 278 g/mol. The van der Waals surface area contributed by atoms with Crippen LogP contribution in [0.1, 0.15) is 36.7 Å². The summed E-state index contributed by atoms with van der Waals surface area (Å²) in [7, 11) is -1.12. The molecule has 0 radical (unpaired) electrons. The first-order valence-corrected chi connectivity index (χ1v) is 10.2. The second-order valence-electron chi connectivity index (χ2n) is 5.32. The Morgan fingerprint density at radius 2 is 2.14 bits per heavy atom. The molecule has 2 aromatic rings. The fraction of sp³-hybridized carbons (Fsp3) is 0.375. The molecule has 0 saturated carbocycles. The Labute approximate surface area is 128 Å². The first kappa shape index (κ1) is 15.5. The molecule has 0 aliphatic heterocycles. The number of aryl methyl sites for hydroxylation is 1. The maximum atomic E-state index is 5.99. The summed E-state index contributed by atoms with van der Waals surface area (Å²) in [5.41, 5.74) is 3.31. The summed E-state index contributed by atoms with van der Waals surface area (Å²) in [5.74, 6) is 0.965. The van der Waals surface area contributed by atoms with Crippen molar-refractivity contribution < 1.29 is 4.43 Å². The van der Waals surface area contributed by atoms with Gasteiger partial charge in [0.15, 0.2) is 0 Å². The lowest BCUT2D eigenvalue weighted by Crippen LogP contribution is -2.13. The molecule has 2 rings (SSSR count). The lowest BCUT2D eigenvalue weighted by Gasteiger charge is -2.16. The summed E-state index contributed by atoms with van der Waals surface area (Å²) in [4.78, 5) is 4.66. The van der Waals surface area contributed by atoms with Crippen LogP contribution < -0.4 is 4.43 Å². The molecule has 0 bridgehead atoms. The van der Waals surface area contributed by atoms with E-state index in [0.29, 0.717) is 0 Å². The number of nitrogens with one attached hydrogen (secondary N) is 1. The molecule has 0 amide bonds. The van der Waals surface area contributed by atoms with Crippen molar-refractivity contribution in [2.24, 2.45) is 4.99 Å². The molecule has 0 spiro atoms. The Balaban J connectivity index is 2.18.